The number of rotatable bonds is 6. The van der Waals surface area contributed by atoms with Crippen LogP contribution in [0.25, 0.3) is 0 Å². The Kier molecular flexibility index (Phi) is 6.25. The molecule has 4 rings (SSSR count). The van der Waals surface area contributed by atoms with Crippen LogP contribution in [0.4, 0.5) is 0 Å². The van der Waals surface area contributed by atoms with E-state index in [1.807, 2.05) is 0 Å². The SMILES string of the molecule is C=C(C)[C@@H]1CC[C@@](C)([C@H]2CC[C@]3(C)[C@@H]2CC[C@@H]2[C@@](C)(CCC(=O)O)[C@H](C(=C)C)CC[C@]23C)O1. The second-order valence-corrected chi connectivity index (χ2v) is 13.4. The molecule has 0 spiro atoms. The molecule has 4 fully saturated rings. The molecule has 1 saturated heterocycles. The van der Waals surface area contributed by atoms with Gasteiger partial charge in [-0.05, 0) is 118 Å². The monoisotopic (exact) mass is 456 g/mol. The van der Waals surface area contributed by atoms with Crippen LogP contribution in [0.15, 0.2) is 24.3 Å². The van der Waals surface area contributed by atoms with E-state index in [0.717, 1.165) is 25.7 Å². The van der Waals surface area contributed by atoms with Gasteiger partial charge < -0.3 is 9.84 Å². The van der Waals surface area contributed by atoms with Crippen LogP contribution in [0.3, 0.4) is 0 Å². The summed E-state index contributed by atoms with van der Waals surface area (Å²) in [6.45, 7) is 22.8. The minimum atomic E-state index is -0.664. The maximum atomic E-state index is 11.6. The maximum Gasteiger partial charge on any atom is 0.303 e. The Morgan fingerprint density at radius 3 is 2.12 bits per heavy atom. The van der Waals surface area contributed by atoms with Gasteiger partial charge in [0.2, 0.25) is 0 Å². The molecule has 3 nitrogen and oxygen atoms in total. The van der Waals surface area contributed by atoms with E-state index in [9.17, 15) is 9.90 Å². The van der Waals surface area contributed by atoms with Crippen LogP contribution in [-0.4, -0.2) is 22.8 Å². The van der Waals surface area contributed by atoms with Gasteiger partial charge in [-0.25, -0.2) is 0 Å². The van der Waals surface area contributed by atoms with E-state index < -0.39 is 5.97 Å². The van der Waals surface area contributed by atoms with Gasteiger partial charge in [0.05, 0.1) is 11.7 Å². The van der Waals surface area contributed by atoms with Crippen LogP contribution in [0, 0.1) is 39.9 Å². The van der Waals surface area contributed by atoms with Crippen molar-refractivity contribution < 1.29 is 14.6 Å². The highest BCUT2D eigenvalue weighted by Gasteiger charge is 2.67. The second-order valence-electron chi connectivity index (χ2n) is 13.4. The van der Waals surface area contributed by atoms with E-state index in [2.05, 4.69) is 54.7 Å². The van der Waals surface area contributed by atoms with E-state index in [-0.39, 0.29) is 29.0 Å². The lowest BCUT2D eigenvalue weighted by molar-refractivity contribution is -0.180. The fourth-order valence-electron chi connectivity index (χ4n) is 9.86. The standard InChI is InChI=1S/C30H48O3/c1-19(2)21-11-17-29(7)25(27(21,5)15-14-26(31)32)10-9-22-23(12-16-28(22,29)6)30(8)18-13-24(33-30)20(3)4/h21-25H,1,3,9-18H2,2,4-8H3,(H,31,32)/t21-,22+,23-,24-,25+,27-,28+,29+,30-/m0/s1. The van der Waals surface area contributed by atoms with E-state index in [4.69, 9.17) is 4.74 Å². The molecule has 186 valence electrons. The predicted molar refractivity (Wildman–Crippen MR) is 135 cm³/mol. The number of hydrogen-bond donors (Lipinski definition) is 1. The molecule has 33 heavy (non-hydrogen) atoms. The molecule has 3 saturated carbocycles. The highest BCUT2D eigenvalue weighted by Crippen LogP contribution is 2.74. The van der Waals surface area contributed by atoms with Crippen molar-refractivity contribution in [2.24, 2.45) is 39.9 Å². The van der Waals surface area contributed by atoms with Crippen molar-refractivity contribution in [2.45, 2.75) is 117 Å². The van der Waals surface area contributed by atoms with Gasteiger partial charge in [-0.1, -0.05) is 45.1 Å². The molecule has 0 amide bonds. The van der Waals surface area contributed by atoms with Crippen LogP contribution in [-0.2, 0) is 9.53 Å². The summed E-state index contributed by atoms with van der Waals surface area (Å²) in [5.41, 5.74) is 2.94. The average Bonchev–Trinajstić information content (AvgIpc) is 3.29. The predicted octanol–water partition coefficient (Wildman–Crippen LogP) is 7.81. The van der Waals surface area contributed by atoms with Crippen molar-refractivity contribution in [3.05, 3.63) is 24.3 Å². The maximum absolute atomic E-state index is 11.6. The number of fused-ring (bicyclic) bond motifs is 3. The first-order valence-corrected chi connectivity index (χ1v) is 13.5. The van der Waals surface area contributed by atoms with Gasteiger partial charge in [-0.15, -0.1) is 0 Å². The zero-order valence-electron chi connectivity index (χ0n) is 22.1. The Bertz CT molecular complexity index is 830. The molecule has 9 atom stereocenters. The van der Waals surface area contributed by atoms with E-state index in [1.54, 1.807) is 0 Å². The van der Waals surface area contributed by atoms with Gasteiger partial charge in [0.25, 0.3) is 0 Å². The zero-order chi connectivity index (χ0) is 24.4. The lowest BCUT2D eigenvalue weighted by Crippen LogP contribution is -2.60. The Hall–Kier alpha value is -1.09. The van der Waals surface area contributed by atoms with Crippen molar-refractivity contribution in [3.63, 3.8) is 0 Å². The van der Waals surface area contributed by atoms with Crippen LogP contribution in [0.1, 0.15) is 106 Å². The topological polar surface area (TPSA) is 46.5 Å². The molecule has 0 aromatic rings. The van der Waals surface area contributed by atoms with E-state index in [1.165, 1.54) is 43.3 Å². The number of hydrogen-bond acceptors (Lipinski definition) is 2. The van der Waals surface area contributed by atoms with Gasteiger partial charge in [0.15, 0.2) is 0 Å². The normalized spacial score (nSPS) is 49.3. The molecule has 1 N–H and O–H groups in total. The number of allylic oxidation sites excluding steroid dienone is 1. The zero-order valence-corrected chi connectivity index (χ0v) is 22.1. The Balaban J connectivity index is 1.65. The Labute approximate surface area is 202 Å². The molecule has 3 heteroatoms. The summed E-state index contributed by atoms with van der Waals surface area (Å²) in [4.78, 5) is 11.6. The van der Waals surface area contributed by atoms with E-state index in [0.29, 0.717) is 29.1 Å². The first-order chi connectivity index (χ1) is 15.3. The third-order valence-electron chi connectivity index (χ3n) is 11.8. The number of carboxylic acid groups (broad SMARTS) is 1. The average molecular weight is 457 g/mol. The molecule has 0 aromatic heterocycles. The van der Waals surface area contributed by atoms with Crippen molar-refractivity contribution in [1.82, 2.24) is 0 Å². The number of carbonyl (C=O) groups is 1. The molecule has 0 unspecified atom stereocenters. The molecule has 1 heterocycles. The molecular formula is C30H48O3. The number of ether oxygens (including phenoxy) is 1. The van der Waals surface area contributed by atoms with Crippen LogP contribution in [0.2, 0.25) is 0 Å². The second kappa shape index (κ2) is 8.25. The molecule has 1 aliphatic heterocycles. The van der Waals surface area contributed by atoms with Gasteiger partial charge in [-0.3, -0.25) is 4.79 Å². The van der Waals surface area contributed by atoms with Crippen LogP contribution in [0.5, 0.6) is 0 Å². The van der Waals surface area contributed by atoms with Gasteiger partial charge >= 0.3 is 5.97 Å². The minimum absolute atomic E-state index is 0.0160. The lowest BCUT2D eigenvalue weighted by Gasteiger charge is -2.66. The minimum Gasteiger partial charge on any atom is -0.481 e. The van der Waals surface area contributed by atoms with Gasteiger partial charge in [0, 0.05) is 6.42 Å². The Morgan fingerprint density at radius 2 is 1.55 bits per heavy atom. The Morgan fingerprint density at radius 1 is 0.879 bits per heavy atom. The molecule has 0 aromatic carbocycles. The largest absolute Gasteiger partial charge is 0.481 e. The fraction of sp³-hybridized carbons (Fsp3) is 0.833. The summed E-state index contributed by atoms with van der Waals surface area (Å²) in [6, 6.07) is 0. The van der Waals surface area contributed by atoms with Crippen LogP contribution >= 0.6 is 0 Å². The van der Waals surface area contributed by atoms with Crippen molar-refractivity contribution >= 4 is 5.97 Å². The van der Waals surface area contributed by atoms with Crippen LogP contribution < -0.4 is 0 Å². The molecule has 0 radical (unpaired) electrons. The number of carboxylic acids is 1. The third kappa shape index (κ3) is 3.67. The summed E-state index contributed by atoms with van der Waals surface area (Å²) in [7, 11) is 0. The smallest absolute Gasteiger partial charge is 0.303 e. The first-order valence-electron chi connectivity index (χ1n) is 13.5. The highest BCUT2D eigenvalue weighted by molar-refractivity contribution is 5.66. The molecule has 3 aliphatic carbocycles. The van der Waals surface area contributed by atoms with Crippen molar-refractivity contribution in [1.29, 1.82) is 0 Å². The quantitative estimate of drug-likeness (QED) is 0.415. The molecule has 4 aliphatic rings. The summed E-state index contributed by atoms with van der Waals surface area (Å²) in [5, 5.41) is 9.55. The molecular weight excluding hydrogens is 408 g/mol. The van der Waals surface area contributed by atoms with Crippen molar-refractivity contribution in [2.75, 3.05) is 0 Å². The fourth-order valence-corrected chi connectivity index (χ4v) is 9.86. The van der Waals surface area contributed by atoms with Gasteiger partial charge in [-0.2, -0.15) is 0 Å². The highest BCUT2D eigenvalue weighted by atomic mass is 16.5. The summed E-state index contributed by atoms with van der Waals surface area (Å²) >= 11 is 0. The summed E-state index contributed by atoms with van der Waals surface area (Å²) in [6.07, 6.45) is 10.9. The lowest BCUT2D eigenvalue weighted by atomic mass is 9.38. The summed E-state index contributed by atoms with van der Waals surface area (Å²) < 4.78 is 6.74. The summed E-state index contributed by atoms with van der Waals surface area (Å²) in [5.74, 6) is 1.63. The first kappa shape index (κ1) is 25.0. The third-order valence-corrected chi connectivity index (χ3v) is 11.8. The van der Waals surface area contributed by atoms with Crippen molar-refractivity contribution in [3.8, 4) is 0 Å². The molecule has 0 bridgehead atoms. The number of aliphatic carboxylic acids is 1. The van der Waals surface area contributed by atoms with E-state index >= 15 is 0 Å². The van der Waals surface area contributed by atoms with Gasteiger partial charge in [0.1, 0.15) is 0 Å².